The van der Waals surface area contributed by atoms with E-state index in [9.17, 15) is 0 Å². The molecule has 0 saturated carbocycles. The molecule has 0 radical (unpaired) electrons. The van der Waals surface area contributed by atoms with E-state index >= 15 is 0 Å². The summed E-state index contributed by atoms with van der Waals surface area (Å²) in [4.78, 5) is 14.7. The Balaban J connectivity index is 1.15. The zero-order valence-corrected chi connectivity index (χ0v) is 25.5. The molecule has 0 saturated heterocycles. The van der Waals surface area contributed by atoms with Crippen LogP contribution in [-0.4, -0.2) is 15.0 Å². The summed E-state index contributed by atoms with van der Waals surface area (Å²) < 4.78 is 6.29. The van der Waals surface area contributed by atoms with E-state index < -0.39 is 0 Å². The summed E-state index contributed by atoms with van der Waals surface area (Å²) in [5.74, 6) is 1.97. The van der Waals surface area contributed by atoms with Gasteiger partial charge in [-0.1, -0.05) is 135 Å². The van der Waals surface area contributed by atoms with Gasteiger partial charge in [0.15, 0.2) is 17.5 Å². The van der Waals surface area contributed by atoms with Crippen LogP contribution >= 0.6 is 0 Å². The molecule has 2 aromatic heterocycles. The van der Waals surface area contributed by atoms with Crippen LogP contribution in [0.15, 0.2) is 144 Å². The molecule has 4 nitrogen and oxygen atoms in total. The highest BCUT2D eigenvalue weighted by molar-refractivity contribution is 6.15. The van der Waals surface area contributed by atoms with Crippen LogP contribution in [0.1, 0.15) is 25.0 Å². The molecule has 218 valence electrons. The van der Waals surface area contributed by atoms with Gasteiger partial charge in [-0.3, -0.25) is 0 Å². The molecule has 1 aliphatic carbocycles. The van der Waals surface area contributed by atoms with Gasteiger partial charge in [0.2, 0.25) is 0 Å². The average molecular weight is 592 g/mol. The van der Waals surface area contributed by atoms with Gasteiger partial charge in [0.05, 0.1) is 0 Å². The molecular weight excluding hydrogens is 562 g/mol. The van der Waals surface area contributed by atoms with Crippen molar-refractivity contribution in [3.05, 3.63) is 151 Å². The summed E-state index contributed by atoms with van der Waals surface area (Å²) in [6, 6.07) is 48.3. The first-order valence-electron chi connectivity index (χ1n) is 15.6. The van der Waals surface area contributed by atoms with Crippen LogP contribution in [0.5, 0.6) is 0 Å². The van der Waals surface area contributed by atoms with E-state index in [0.29, 0.717) is 17.5 Å². The lowest BCUT2D eigenvalue weighted by Gasteiger charge is -2.21. The van der Waals surface area contributed by atoms with Crippen molar-refractivity contribution in [3.63, 3.8) is 0 Å². The molecule has 0 fully saturated rings. The molecule has 0 N–H and O–H groups in total. The molecule has 1 aliphatic rings. The van der Waals surface area contributed by atoms with Gasteiger partial charge in [0, 0.05) is 32.9 Å². The maximum atomic E-state index is 6.29. The normalized spacial score (nSPS) is 13.2. The molecule has 0 unspecified atom stereocenters. The molecule has 0 atom stereocenters. The Morgan fingerprint density at radius 3 is 1.63 bits per heavy atom. The Kier molecular flexibility index (Phi) is 5.81. The Hall–Kier alpha value is -5.87. The number of rotatable bonds is 4. The van der Waals surface area contributed by atoms with Crippen LogP contribution in [0.4, 0.5) is 0 Å². The lowest BCUT2D eigenvalue weighted by atomic mass is 9.82. The maximum absolute atomic E-state index is 6.29. The van der Waals surface area contributed by atoms with Crippen molar-refractivity contribution in [1.29, 1.82) is 0 Å². The first kappa shape index (κ1) is 26.5. The number of aromatic nitrogens is 3. The van der Waals surface area contributed by atoms with Crippen molar-refractivity contribution >= 4 is 21.9 Å². The Labute approximate surface area is 267 Å². The van der Waals surface area contributed by atoms with Crippen molar-refractivity contribution in [2.75, 3.05) is 0 Å². The first-order chi connectivity index (χ1) is 22.5. The second-order valence-corrected chi connectivity index (χ2v) is 12.5. The van der Waals surface area contributed by atoms with Crippen LogP contribution in [0.25, 0.3) is 78.4 Å². The van der Waals surface area contributed by atoms with E-state index in [-0.39, 0.29) is 5.41 Å². The number of para-hydroxylation sites is 1. The third-order valence-electron chi connectivity index (χ3n) is 9.35. The van der Waals surface area contributed by atoms with Crippen LogP contribution in [0, 0.1) is 0 Å². The minimum atomic E-state index is -0.106. The molecule has 0 bridgehead atoms. The Morgan fingerprint density at radius 1 is 0.457 bits per heavy atom. The predicted octanol–water partition coefficient (Wildman–Crippen LogP) is 10.7. The molecular formula is C42H29N3O. The highest BCUT2D eigenvalue weighted by Crippen LogP contribution is 2.53. The van der Waals surface area contributed by atoms with Gasteiger partial charge in [0.1, 0.15) is 11.2 Å². The quantitative estimate of drug-likeness (QED) is 0.204. The molecule has 0 amide bonds. The second-order valence-electron chi connectivity index (χ2n) is 12.5. The standard InChI is InChI=1S/C42H29N3O/c1-42(2)33-22-21-30(25-32(33)37-34(42)23-24-36-38(37)31-15-9-10-16-35(31)46-36)26-17-19-29(20-18-26)41-44-39(27-11-5-3-6-12-27)43-40(45-41)28-13-7-4-8-14-28/h3-25H,1-2H3. The van der Waals surface area contributed by atoms with Crippen LogP contribution in [0.3, 0.4) is 0 Å². The average Bonchev–Trinajstić information content (AvgIpc) is 3.60. The predicted molar refractivity (Wildman–Crippen MR) is 186 cm³/mol. The number of hydrogen-bond donors (Lipinski definition) is 0. The van der Waals surface area contributed by atoms with Crippen LogP contribution in [-0.2, 0) is 5.41 Å². The summed E-state index contributed by atoms with van der Waals surface area (Å²) >= 11 is 0. The van der Waals surface area contributed by atoms with Gasteiger partial charge in [-0.05, 0) is 51.6 Å². The summed E-state index contributed by atoms with van der Waals surface area (Å²) in [7, 11) is 0. The number of furan rings is 1. The first-order valence-corrected chi connectivity index (χ1v) is 15.6. The third-order valence-corrected chi connectivity index (χ3v) is 9.35. The minimum Gasteiger partial charge on any atom is -0.456 e. The van der Waals surface area contributed by atoms with Gasteiger partial charge >= 0.3 is 0 Å². The topological polar surface area (TPSA) is 51.8 Å². The van der Waals surface area contributed by atoms with Gasteiger partial charge in [-0.25, -0.2) is 15.0 Å². The van der Waals surface area contributed by atoms with E-state index in [1.807, 2.05) is 66.7 Å². The zero-order valence-electron chi connectivity index (χ0n) is 25.5. The Bertz CT molecular complexity index is 2370. The third kappa shape index (κ3) is 4.11. The molecule has 9 rings (SSSR count). The number of benzene rings is 6. The molecule has 6 aromatic carbocycles. The van der Waals surface area contributed by atoms with Crippen molar-refractivity contribution in [3.8, 4) is 56.4 Å². The molecule has 46 heavy (non-hydrogen) atoms. The van der Waals surface area contributed by atoms with E-state index in [4.69, 9.17) is 19.4 Å². The largest absolute Gasteiger partial charge is 0.456 e. The molecule has 0 spiro atoms. The van der Waals surface area contributed by atoms with Crippen LogP contribution in [0.2, 0.25) is 0 Å². The van der Waals surface area contributed by atoms with Gasteiger partial charge in [-0.2, -0.15) is 0 Å². The van der Waals surface area contributed by atoms with Gasteiger partial charge in [-0.15, -0.1) is 0 Å². The number of nitrogens with zero attached hydrogens (tertiary/aromatic N) is 3. The summed E-state index contributed by atoms with van der Waals surface area (Å²) in [6.07, 6.45) is 0. The monoisotopic (exact) mass is 591 g/mol. The highest BCUT2D eigenvalue weighted by atomic mass is 16.3. The van der Waals surface area contributed by atoms with Crippen molar-refractivity contribution in [2.24, 2.45) is 0 Å². The molecule has 2 heterocycles. The van der Waals surface area contributed by atoms with Crippen molar-refractivity contribution in [1.82, 2.24) is 15.0 Å². The smallest absolute Gasteiger partial charge is 0.164 e. The van der Waals surface area contributed by atoms with Crippen molar-refractivity contribution in [2.45, 2.75) is 19.3 Å². The lowest BCUT2D eigenvalue weighted by Crippen LogP contribution is -2.14. The Morgan fingerprint density at radius 2 is 0.978 bits per heavy atom. The summed E-state index contributed by atoms with van der Waals surface area (Å²) in [6.45, 7) is 4.64. The maximum Gasteiger partial charge on any atom is 0.164 e. The fourth-order valence-corrected chi connectivity index (χ4v) is 6.99. The minimum absolute atomic E-state index is 0.106. The molecule has 0 aliphatic heterocycles. The van der Waals surface area contributed by atoms with Gasteiger partial charge in [0.25, 0.3) is 0 Å². The number of hydrogen-bond acceptors (Lipinski definition) is 4. The van der Waals surface area contributed by atoms with Crippen LogP contribution < -0.4 is 0 Å². The van der Waals surface area contributed by atoms with E-state index in [2.05, 4.69) is 86.6 Å². The fraction of sp³-hybridized carbons (Fsp3) is 0.0714. The zero-order chi connectivity index (χ0) is 30.8. The van der Waals surface area contributed by atoms with E-state index in [1.165, 1.54) is 33.2 Å². The molecule has 8 aromatic rings. The van der Waals surface area contributed by atoms with E-state index in [1.54, 1.807) is 0 Å². The summed E-state index contributed by atoms with van der Waals surface area (Å²) in [5, 5.41) is 2.36. The summed E-state index contributed by atoms with van der Waals surface area (Å²) in [5.41, 5.74) is 12.2. The number of fused-ring (bicyclic) bond motifs is 7. The SMILES string of the molecule is CC1(C)c2ccc(-c3ccc(-c4nc(-c5ccccc5)nc(-c5ccccc5)n4)cc3)cc2-c2c1ccc1oc3ccccc3c21. The fourth-order valence-electron chi connectivity index (χ4n) is 6.99. The van der Waals surface area contributed by atoms with E-state index in [0.717, 1.165) is 38.8 Å². The van der Waals surface area contributed by atoms with Gasteiger partial charge < -0.3 is 4.42 Å². The lowest BCUT2D eigenvalue weighted by molar-refractivity contribution is 0.656. The second kappa shape index (κ2) is 10.1. The molecule has 4 heteroatoms. The van der Waals surface area contributed by atoms with Crippen molar-refractivity contribution < 1.29 is 4.42 Å². The highest BCUT2D eigenvalue weighted by Gasteiger charge is 2.37.